The highest BCUT2D eigenvalue weighted by Gasteiger charge is 2.30. The van der Waals surface area contributed by atoms with Crippen LogP contribution in [0.2, 0.25) is 0 Å². The third kappa shape index (κ3) is 2.41. The van der Waals surface area contributed by atoms with Gasteiger partial charge in [-0.15, -0.1) is 11.3 Å². The zero-order valence-electron chi connectivity index (χ0n) is 12.5. The van der Waals surface area contributed by atoms with Crippen LogP contribution in [-0.4, -0.2) is 27.4 Å². The Morgan fingerprint density at radius 2 is 2.13 bits per heavy atom. The van der Waals surface area contributed by atoms with Crippen LogP contribution in [0.3, 0.4) is 0 Å². The Morgan fingerprint density at radius 1 is 1.30 bits per heavy atom. The van der Waals surface area contributed by atoms with Crippen LogP contribution in [0.4, 0.5) is 0 Å². The van der Waals surface area contributed by atoms with Crippen LogP contribution in [0.25, 0.3) is 15.8 Å². The number of fused-ring (bicyclic) bond motifs is 1. The second-order valence-corrected chi connectivity index (χ2v) is 6.56. The Bertz CT molecular complexity index is 905. The van der Waals surface area contributed by atoms with Crippen molar-refractivity contribution in [1.82, 2.24) is 9.88 Å². The lowest BCUT2D eigenvalue weighted by Gasteiger charge is -2.16. The van der Waals surface area contributed by atoms with E-state index < -0.39 is 0 Å². The van der Waals surface area contributed by atoms with Crippen LogP contribution in [0.1, 0.15) is 16.5 Å². The molecule has 0 aliphatic carbocycles. The van der Waals surface area contributed by atoms with Crippen molar-refractivity contribution in [2.24, 2.45) is 0 Å². The van der Waals surface area contributed by atoms with E-state index in [-0.39, 0.29) is 11.6 Å². The molecule has 0 spiro atoms. The third-order valence-corrected chi connectivity index (χ3v) is 4.89. The van der Waals surface area contributed by atoms with E-state index >= 15 is 0 Å². The maximum absolute atomic E-state index is 10.3. The molecule has 3 heterocycles. The van der Waals surface area contributed by atoms with Crippen molar-refractivity contribution in [2.75, 3.05) is 6.54 Å². The first-order chi connectivity index (χ1) is 11.1. The van der Waals surface area contributed by atoms with Gasteiger partial charge in [0, 0.05) is 0 Å². The quantitative estimate of drug-likeness (QED) is 0.764. The second-order valence-electron chi connectivity index (χ2n) is 5.53. The fourth-order valence-corrected chi connectivity index (χ4v) is 3.76. The molecule has 5 nitrogen and oxygen atoms in total. The Labute approximate surface area is 137 Å². The van der Waals surface area contributed by atoms with Crippen LogP contribution in [0, 0.1) is 12.3 Å². The predicted molar refractivity (Wildman–Crippen MR) is 90.8 cm³/mol. The zero-order valence-corrected chi connectivity index (χ0v) is 13.4. The predicted octanol–water partition coefficient (Wildman–Crippen LogP) is 3.96. The van der Waals surface area contributed by atoms with E-state index in [9.17, 15) is 5.11 Å². The van der Waals surface area contributed by atoms with Crippen LogP contribution in [-0.2, 0) is 6.54 Å². The summed E-state index contributed by atoms with van der Waals surface area (Å²) in [6.45, 7) is 2.66. The average molecular weight is 325 g/mol. The number of hydrogen-bond donors (Lipinski definition) is 2. The molecule has 23 heavy (non-hydrogen) atoms. The Morgan fingerprint density at radius 3 is 2.87 bits per heavy atom. The Balaban J connectivity index is 1.63. The van der Waals surface area contributed by atoms with E-state index in [0.717, 1.165) is 21.7 Å². The minimum atomic E-state index is 0.192. The lowest BCUT2D eigenvalue weighted by Crippen LogP contribution is -2.25. The molecule has 0 atom stereocenters. The van der Waals surface area contributed by atoms with Crippen molar-refractivity contribution in [2.45, 2.75) is 13.5 Å². The average Bonchev–Trinajstić information content (AvgIpc) is 3.18. The molecular weight excluding hydrogens is 310 g/mol. The van der Waals surface area contributed by atoms with Crippen molar-refractivity contribution < 1.29 is 9.52 Å². The van der Waals surface area contributed by atoms with Gasteiger partial charge in [-0.3, -0.25) is 5.41 Å². The SMILES string of the molecule is Cc1ccc(CN2CC(O)=C(c3nc4ccccc4s3)C2=N)o1. The maximum Gasteiger partial charge on any atom is 0.135 e. The van der Waals surface area contributed by atoms with Gasteiger partial charge in [0.25, 0.3) is 0 Å². The topological polar surface area (TPSA) is 73.3 Å². The number of aryl methyl sites for hydroxylation is 1. The third-order valence-electron chi connectivity index (χ3n) is 3.83. The molecule has 1 aliphatic heterocycles. The maximum atomic E-state index is 10.3. The van der Waals surface area contributed by atoms with Crippen LogP contribution in [0.5, 0.6) is 0 Å². The molecule has 6 heteroatoms. The standard InChI is InChI=1S/C17H15N3O2S/c1-10-6-7-11(22-10)8-20-9-13(21)15(16(20)18)17-19-12-4-2-3-5-14(12)23-17/h2-7,18,21H,8-9H2,1H3. The van der Waals surface area contributed by atoms with Gasteiger partial charge in [-0.1, -0.05) is 12.1 Å². The van der Waals surface area contributed by atoms with Crippen molar-refractivity contribution in [3.05, 3.63) is 58.7 Å². The minimum absolute atomic E-state index is 0.192. The number of benzene rings is 1. The summed E-state index contributed by atoms with van der Waals surface area (Å²) in [5.74, 6) is 2.10. The first-order valence-electron chi connectivity index (χ1n) is 7.29. The van der Waals surface area contributed by atoms with Gasteiger partial charge in [0.1, 0.15) is 28.1 Å². The summed E-state index contributed by atoms with van der Waals surface area (Å²) < 4.78 is 6.62. The number of hydrogen-bond acceptors (Lipinski definition) is 5. The first kappa shape index (κ1) is 14.0. The molecule has 0 saturated heterocycles. The number of nitrogens with one attached hydrogen (secondary N) is 1. The van der Waals surface area contributed by atoms with E-state index in [1.54, 1.807) is 4.90 Å². The number of thiazole rings is 1. The van der Waals surface area contributed by atoms with Gasteiger partial charge in [0.15, 0.2) is 0 Å². The molecular formula is C17H15N3O2S. The fraction of sp³-hybridized carbons (Fsp3) is 0.176. The number of amidine groups is 1. The number of para-hydroxylation sites is 1. The highest BCUT2D eigenvalue weighted by Crippen LogP contribution is 2.33. The van der Waals surface area contributed by atoms with Crippen molar-refractivity contribution in [1.29, 1.82) is 5.41 Å². The van der Waals surface area contributed by atoms with E-state index in [1.165, 1.54) is 11.3 Å². The zero-order chi connectivity index (χ0) is 16.0. The lowest BCUT2D eigenvalue weighted by atomic mass is 10.2. The molecule has 3 aromatic rings. The molecule has 2 N–H and O–H groups in total. The Kier molecular flexibility index (Phi) is 3.20. The van der Waals surface area contributed by atoms with E-state index in [0.29, 0.717) is 23.7 Å². The summed E-state index contributed by atoms with van der Waals surface area (Å²) in [7, 11) is 0. The Hall–Kier alpha value is -2.60. The van der Waals surface area contributed by atoms with Gasteiger partial charge in [0.2, 0.25) is 0 Å². The molecule has 0 saturated carbocycles. The van der Waals surface area contributed by atoms with Crippen LogP contribution in [0.15, 0.2) is 46.6 Å². The molecule has 116 valence electrons. The summed E-state index contributed by atoms with van der Waals surface area (Å²) in [4.78, 5) is 6.34. The van der Waals surface area contributed by atoms with Crippen molar-refractivity contribution in [3.8, 4) is 0 Å². The van der Waals surface area contributed by atoms with Crippen LogP contribution >= 0.6 is 11.3 Å². The molecule has 0 unspecified atom stereocenters. The number of furan rings is 1. The highest BCUT2D eigenvalue weighted by atomic mass is 32.1. The monoisotopic (exact) mass is 325 g/mol. The first-order valence-corrected chi connectivity index (χ1v) is 8.11. The fourth-order valence-electron chi connectivity index (χ4n) is 2.73. The molecule has 0 bridgehead atoms. The normalized spacial score (nSPS) is 15.2. The summed E-state index contributed by atoms with van der Waals surface area (Å²) in [6, 6.07) is 11.6. The minimum Gasteiger partial charge on any atom is -0.510 e. The number of nitrogens with zero attached hydrogens (tertiary/aromatic N) is 2. The highest BCUT2D eigenvalue weighted by molar-refractivity contribution is 7.19. The van der Waals surface area contributed by atoms with E-state index in [2.05, 4.69) is 4.98 Å². The van der Waals surface area contributed by atoms with Crippen molar-refractivity contribution >= 4 is 33.0 Å². The number of aliphatic hydroxyl groups excluding tert-OH is 1. The van der Waals surface area contributed by atoms with Gasteiger partial charge in [-0.05, 0) is 31.2 Å². The second kappa shape index (κ2) is 5.24. The number of aliphatic hydroxyl groups is 1. The van der Waals surface area contributed by atoms with Gasteiger partial charge >= 0.3 is 0 Å². The van der Waals surface area contributed by atoms with Gasteiger partial charge in [-0.2, -0.15) is 0 Å². The summed E-state index contributed by atoms with van der Waals surface area (Å²) in [6.07, 6.45) is 0. The summed E-state index contributed by atoms with van der Waals surface area (Å²) >= 11 is 1.49. The van der Waals surface area contributed by atoms with Crippen LogP contribution < -0.4 is 0 Å². The van der Waals surface area contributed by atoms with Gasteiger partial charge in [-0.25, -0.2) is 4.98 Å². The molecule has 2 aromatic heterocycles. The smallest absolute Gasteiger partial charge is 0.135 e. The van der Waals surface area contributed by atoms with E-state index in [4.69, 9.17) is 9.83 Å². The number of rotatable bonds is 3. The number of aromatic nitrogens is 1. The summed E-state index contributed by atoms with van der Waals surface area (Å²) in [5, 5.41) is 19.4. The summed E-state index contributed by atoms with van der Waals surface area (Å²) in [5.41, 5.74) is 1.41. The molecule has 0 fully saturated rings. The lowest BCUT2D eigenvalue weighted by molar-refractivity contribution is 0.326. The van der Waals surface area contributed by atoms with E-state index in [1.807, 2.05) is 43.3 Å². The largest absolute Gasteiger partial charge is 0.510 e. The molecule has 0 radical (unpaired) electrons. The van der Waals surface area contributed by atoms with Gasteiger partial charge < -0.3 is 14.4 Å². The van der Waals surface area contributed by atoms with Crippen molar-refractivity contribution in [3.63, 3.8) is 0 Å². The molecule has 1 aromatic carbocycles. The van der Waals surface area contributed by atoms with Gasteiger partial charge in [0.05, 0.1) is 28.9 Å². The molecule has 4 rings (SSSR count). The molecule has 1 aliphatic rings. The molecule has 0 amide bonds.